The van der Waals surface area contributed by atoms with E-state index in [1.807, 2.05) is 0 Å². The summed E-state index contributed by atoms with van der Waals surface area (Å²) in [5, 5.41) is 2.61. The van der Waals surface area contributed by atoms with Crippen molar-refractivity contribution in [3.63, 3.8) is 0 Å². The average Bonchev–Trinajstić information content (AvgIpc) is 2.55. The number of nitrogens with zero attached hydrogens (tertiary/aromatic N) is 1. The van der Waals surface area contributed by atoms with E-state index in [0.29, 0.717) is 11.3 Å². The highest BCUT2D eigenvalue weighted by molar-refractivity contribution is 5.89. The number of hydrogen-bond donors (Lipinski definition) is 1. The van der Waals surface area contributed by atoms with Gasteiger partial charge in [-0.25, -0.2) is 9.18 Å². The van der Waals surface area contributed by atoms with Crippen molar-refractivity contribution in [2.75, 3.05) is 12.4 Å². The molecule has 0 saturated carbocycles. The van der Waals surface area contributed by atoms with Crippen molar-refractivity contribution in [1.82, 2.24) is 4.90 Å². The Hall–Kier alpha value is -2.70. The van der Waals surface area contributed by atoms with E-state index in [9.17, 15) is 18.0 Å². The lowest BCUT2D eigenvalue weighted by Gasteiger charge is -2.26. The van der Waals surface area contributed by atoms with E-state index >= 15 is 0 Å². The topological polar surface area (TPSA) is 41.6 Å². The molecular weight excluding hydrogens is 321 g/mol. The van der Waals surface area contributed by atoms with E-state index in [0.717, 1.165) is 0 Å². The van der Waals surface area contributed by atoms with Gasteiger partial charge in [0, 0.05) is 18.3 Å². The summed E-state index contributed by atoms with van der Waals surface area (Å²) in [4.78, 5) is 13.6. The van der Waals surface area contributed by atoms with Crippen molar-refractivity contribution in [3.05, 3.63) is 59.9 Å². The molecule has 2 rings (SSSR count). The highest BCUT2D eigenvalue weighted by Crippen LogP contribution is 2.23. The van der Waals surface area contributed by atoms with Gasteiger partial charge >= 0.3 is 12.6 Å². The molecule has 0 bridgehead atoms. The zero-order valence-electron chi connectivity index (χ0n) is 13.2. The van der Waals surface area contributed by atoms with Gasteiger partial charge in [0.2, 0.25) is 0 Å². The van der Waals surface area contributed by atoms with Gasteiger partial charge in [0.05, 0.1) is 6.04 Å². The second kappa shape index (κ2) is 7.72. The number of anilines is 1. The molecule has 0 radical (unpaired) electrons. The Balaban J connectivity index is 2.02. The summed E-state index contributed by atoms with van der Waals surface area (Å²) >= 11 is 0. The van der Waals surface area contributed by atoms with Crippen LogP contribution in [0, 0.1) is 5.82 Å². The predicted octanol–water partition coefficient (Wildman–Crippen LogP) is 4.65. The summed E-state index contributed by atoms with van der Waals surface area (Å²) in [5.41, 5.74) is 0.810. The maximum atomic E-state index is 13.8. The first kappa shape index (κ1) is 17.7. The second-order valence-corrected chi connectivity index (χ2v) is 5.14. The molecule has 128 valence electrons. The molecule has 0 aromatic heterocycles. The van der Waals surface area contributed by atoms with Crippen molar-refractivity contribution < 1.29 is 22.7 Å². The SMILES string of the molecule is CC(c1ccccc1F)N(C)C(=O)Nc1ccc(OC(F)F)cc1. The van der Waals surface area contributed by atoms with Gasteiger partial charge in [-0.05, 0) is 37.3 Å². The number of urea groups is 1. The standard InChI is InChI=1S/C17H17F3N2O2/c1-11(14-5-3-4-6-15(14)18)22(2)17(23)21-12-7-9-13(10-8-12)24-16(19)20/h3-11,16H,1-2H3,(H,21,23). The lowest BCUT2D eigenvalue weighted by Crippen LogP contribution is -2.34. The molecule has 4 nitrogen and oxygen atoms in total. The lowest BCUT2D eigenvalue weighted by molar-refractivity contribution is -0.0498. The van der Waals surface area contributed by atoms with Crippen LogP contribution in [-0.4, -0.2) is 24.6 Å². The number of nitrogens with one attached hydrogen (secondary N) is 1. The van der Waals surface area contributed by atoms with Crippen LogP contribution in [0.25, 0.3) is 0 Å². The van der Waals surface area contributed by atoms with Crippen LogP contribution in [0.15, 0.2) is 48.5 Å². The molecule has 2 amide bonds. The van der Waals surface area contributed by atoms with Gasteiger partial charge in [-0.1, -0.05) is 18.2 Å². The minimum atomic E-state index is -2.90. The molecule has 0 heterocycles. The molecule has 7 heteroatoms. The van der Waals surface area contributed by atoms with Gasteiger partial charge < -0.3 is 15.0 Å². The molecule has 24 heavy (non-hydrogen) atoms. The molecule has 2 aromatic rings. The second-order valence-electron chi connectivity index (χ2n) is 5.14. The molecule has 0 aliphatic rings. The third-order valence-electron chi connectivity index (χ3n) is 3.59. The van der Waals surface area contributed by atoms with Crippen LogP contribution in [-0.2, 0) is 0 Å². The molecule has 0 fully saturated rings. The van der Waals surface area contributed by atoms with Gasteiger partial charge in [-0.3, -0.25) is 0 Å². The molecular formula is C17H17F3N2O2. The Bertz CT molecular complexity index is 692. The van der Waals surface area contributed by atoms with Crippen LogP contribution >= 0.6 is 0 Å². The van der Waals surface area contributed by atoms with Crippen LogP contribution in [0.4, 0.5) is 23.7 Å². The van der Waals surface area contributed by atoms with E-state index < -0.39 is 24.5 Å². The smallest absolute Gasteiger partial charge is 0.387 e. The fourth-order valence-electron chi connectivity index (χ4n) is 2.13. The van der Waals surface area contributed by atoms with Crippen LogP contribution < -0.4 is 10.1 Å². The van der Waals surface area contributed by atoms with E-state index in [4.69, 9.17) is 0 Å². The molecule has 1 N–H and O–H groups in total. The van der Waals surface area contributed by atoms with Gasteiger partial charge in [-0.2, -0.15) is 8.78 Å². The van der Waals surface area contributed by atoms with E-state index in [-0.39, 0.29) is 5.75 Å². The quantitative estimate of drug-likeness (QED) is 0.862. The van der Waals surface area contributed by atoms with Gasteiger partial charge in [0.15, 0.2) is 0 Å². The molecule has 1 unspecified atom stereocenters. The van der Waals surface area contributed by atoms with Crippen molar-refractivity contribution in [3.8, 4) is 5.75 Å². The van der Waals surface area contributed by atoms with Gasteiger partial charge in [-0.15, -0.1) is 0 Å². The molecule has 1 atom stereocenters. The Morgan fingerprint density at radius 3 is 2.33 bits per heavy atom. The summed E-state index contributed by atoms with van der Waals surface area (Å²) in [6.07, 6.45) is 0. The largest absolute Gasteiger partial charge is 0.435 e. The fourth-order valence-corrected chi connectivity index (χ4v) is 2.13. The molecule has 0 aliphatic carbocycles. The van der Waals surface area contributed by atoms with Crippen LogP contribution in [0.1, 0.15) is 18.5 Å². The number of alkyl halides is 2. The lowest BCUT2D eigenvalue weighted by atomic mass is 10.1. The molecule has 0 spiro atoms. The average molecular weight is 338 g/mol. The molecule has 0 aliphatic heterocycles. The van der Waals surface area contributed by atoms with Crippen molar-refractivity contribution in [2.24, 2.45) is 0 Å². The van der Waals surface area contributed by atoms with Gasteiger partial charge in [0.25, 0.3) is 0 Å². The first-order valence-corrected chi connectivity index (χ1v) is 7.21. The predicted molar refractivity (Wildman–Crippen MR) is 84.7 cm³/mol. The zero-order chi connectivity index (χ0) is 17.7. The first-order valence-electron chi connectivity index (χ1n) is 7.21. The number of carbonyl (C=O) groups excluding carboxylic acids is 1. The Labute approximate surface area is 137 Å². The summed E-state index contributed by atoms with van der Waals surface area (Å²) in [6, 6.07) is 10.8. The number of hydrogen-bond acceptors (Lipinski definition) is 2. The van der Waals surface area contributed by atoms with E-state index in [1.165, 1.54) is 35.2 Å². The summed E-state index contributed by atoms with van der Waals surface area (Å²) in [5.74, 6) is -0.394. The highest BCUT2D eigenvalue weighted by atomic mass is 19.3. The van der Waals surface area contributed by atoms with Crippen LogP contribution in [0.3, 0.4) is 0 Å². The minimum Gasteiger partial charge on any atom is -0.435 e. The number of amides is 2. The number of rotatable bonds is 5. The maximum Gasteiger partial charge on any atom is 0.387 e. The number of ether oxygens (including phenoxy) is 1. The van der Waals surface area contributed by atoms with Crippen molar-refractivity contribution >= 4 is 11.7 Å². The first-order chi connectivity index (χ1) is 11.4. The highest BCUT2D eigenvalue weighted by Gasteiger charge is 2.20. The van der Waals surface area contributed by atoms with Crippen LogP contribution in [0.5, 0.6) is 5.75 Å². The summed E-state index contributed by atoms with van der Waals surface area (Å²) < 4.78 is 42.2. The Kier molecular flexibility index (Phi) is 5.68. The Morgan fingerprint density at radius 2 is 1.75 bits per heavy atom. The summed E-state index contributed by atoms with van der Waals surface area (Å²) in [7, 11) is 1.54. The van der Waals surface area contributed by atoms with Crippen molar-refractivity contribution in [2.45, 2.75) is 19.6 Å². The van der Waals surface area contributed by atoms with E-state index in [1.54, 1.807) is 32.2 Å². The third kappa shape index (κ3) is 4.41. The van der Waals surface area contributed by atoms with E-state index in [2.05, 4.69) is 10.1 Å². The van der Waals surface area contributed by atoms with Gasteiger partial charge in [0.1, 0.15) is 11.6 Å². The number of halogens is 3. The monoisotopic (exact) mass is 338 g/mol. The molecule has 2 aromatic carbocycles. The minimum absolute atomic E-state index is 0.00363. The fraction of sp³-hybridized carbons (Fsp3) is 0.235. The summed E-state index contributed by atoms with van der Waals surface area (Å²) in [6.45, 7) is -1.20. The van der Waals surface area contributed by atoms with Crippen molar-refractivity contribution in [1.29, 1.82) is 0 Å². The normalized spacial score (nSPS) is 11.9. The molecule has 0 saturated heterocycles. The number of benzene rings is 2. The number of carbonyl (C=O) groups is 1. The van der Waals surface area contributed by atoms with Crippen LogP contribution in [0.2, 0.25) is 0 Å². The maximum absolute atomic E-state index is 13.8. The third-order valence-corrected chi connectivity index (χ3v) is 3.59. The Morgan fingerprint density at radius 1 is 1.12 bits per heavy atom. The zero-order valence-corrected chi connectivity index (χ0v) is 13.2.